The summed E-state index contributed by atoms with van der Waals surface area (Å²) in [6.07, 6.45) is 0. The van der Waals surface area contributed by atoms with E-state index in [0.29, 0.717) is 29.1 Å². The molecule has 0 aliphatic carbocycles. The molecule has 5 aromatic rings. The third-order valence-corrected chi connectivity index (χ3v) is 6.70. The Morgan fingerprint density at radius 2 is 1.73 bits per heavy atom. The maximum atomic E-state index is 11.4. The zero-order valence-electron chi connectivity index (χ0n) is 21.9. The number of hydrogen-bond acceptors (Lipinski definition) is 8. The van der Waals surface area contributed by atoms with Crippen LogP contribution in [0.2, 0.25) is 0 Å². The van der Waals surface area contributed by atoms with Gasteiger partial charge in [-0.25, -0.2) is 4.63 Å². The number of aliphatic hydroxyl groups excluding tert-OH is 1. The SMILES string of the molecule is Cc1c(COc2ccc(CNC(CO)C(=O)O)c(OCc3ccc4nonc4c3)c2)cccc1-c1ccccc1. The van der Waals surface area contributed by atoms with Gasteiger partial charge in [-0.05, 0) is 63.3 Å². The lowest BCUT2D eigenvalue weighted by atomic mass is 9.97. The van der Waals surface area contributed by atoms with Gasteiger partial charge in [0.2, 0.25) is 0 Å². The maximum Gasteiger partial charge on any atom is 0.323 e. The van der Waals surface area contributed by atoms with Gasteiger partial charge in [-0.15, -0.1) is 0 Å². The van der Waals surface area contributed by atoms with E-state index >= 15 is 0 Å². The van der Waals surface area contributed by atoms with Gasteiger partial charge in [0.25, 0.3) is 0 Å². The smallest absolute Gasteiger partial charge is 0.323 e. The first-order valence-electron chi connectivity index (χ1n) is 12.8. The highest BCUT2D eigenvalue weighted by molar-refractivity contribution is 5.74. The number of rotatable bonds is 12. The van der Waals surface area contributed by atoms with Crippen molar-refractivity contribution in [2.24, 2.45) is 0 Å². The number of fused-ring (bicyclic) bond motifs is 1. The predicted octanol–water partition coefficient (Wildman–Crippen LogP) is 4.89. The Morgan fingerprint density at radius 3 is 2.52 bits per heavy atom. The first kappa shape index (κ1) is 26.9. The fourth-order valence-electron chi connectivity index (χ4n) is 4.38. The van der Waals surface area contributed by atoms with E-state index in [9.17, 15) is 15.0 Å². The Morgan fingerprint density at radius 1 is 0.900 bits per heavy atom. The molecule has 0 aliphatic rings. The molecule has 40 heavy (non-hydrogen) atoms. The number of aliphatic hydroxyl groups is 1. The highest BCUT2D eigenvalue weighted by atomic mass is 16.6. The lowest BCUT2D eigenvalue weighted by molar-refractivity contribution is -0.140. The van der Waals surface area contributed by atoms with Gasteiger partial charge < -0.3 is 19.7 Å². The topological polar surface area (TPSA) is 127 Å². The third-order valence-electron chi connectivity index (χ3n) is 6.70. The van der Waals surface area contributed by atoms with Crippen molar-refractivity contribution < 1.29 is 29.1 Å². The molecular weight excluding hydrogens is 510 g/mol. The molecule has 0 aliphatic heterocycles. The van der Waals surface area contributed by atoms with Crippen LogP contribution in [0.1, 0.15) is 22.3 Å². The largest absolute Gasteiger partial charge is 0.489 e. The molecule has 4 aromatic carbocycles. The average molecular weight is 540 g/mol. The highest BCUT2D eigenvalue weighted by Crippen LogP contribution is 2.29. The summed E-state index contributed by atoms with van der Waals surface area (Å²) >= 11 is 0. The number of aromatic nitrogens is 2. The second-order valence-electron chi connectivity index (χ2n) is 9.34. The number of carbonyl (C=O) groups is 1. The van der Waals surface area contributed by atoms with Gasteiger partial charge in [-0.2, -0.15) is 0 Å². The van der Waals surface area contributed by atoms with Gasteiger partial charge in [0, 0.05) is 18.2 Å². The van der Waals surface area contributed by atoms with Crippen molar-refractivity contribution >= 4 is 17.0 Å². The number of ether oxygens (including phenoxy) is 2. The number of nitrogens with one attached hydrogen (secondary N) is 1. The van der Waals surface area contributed by atoms with Crippen LogP contribution in [0.25, 0.3) is 22.2 Å². The van der Waals surface area contributed by atoms with E-state index < -0.39 is 18.6 Å². The third kappa shape index (κ3) is 6.28. The van der Waals surface area contributed by atoms with Crippen molar-refractivity contribution in [2.45, 2.75) is 32.7 Å². The highest BCUT2D eigenvalue weighted by Gasteiger charge is 2.17. The Balaban J connectivity index is 1.34. The summed E-state index contributed by atoms with van der Waals surface area (Å²) in [6.45, 7) is 2.34. The Kier molecular flexibility index (Phi) is 8.34. The maximum absolute atomic E-state index is 11.4. The first-order chi connectivity index (χ1) is 19.5. The van der Waals surface area contributed by atoms with Crippen LogP contribution in [-0.4, -0.2) is 39.1 Å². The summed E-state index contributed by atoms with van der Waals surface area (Å²) in [7, 11) is 0. The minimum atomic E-state index is -1.13. The molecule has 9 heteroatoms. The van der Waals surface area contributed by atoms with Gasteiger partial charge in [0.1, 0.15) is 41.8 Å². The zero-order chi connectivity index (χ0) is 27.9. The molecule has 1 unspecified atom stereocenters. The van der Waals surface area contributed by atoms with E-state index in [1.54, 1.807) is 12.1 Å². The zero-order valence-corrected chi connectivity index (χ0v) is 21.9. The summed E-state index contributed by atoms with van der Waals surface area (Å²) in [6, 6.07) is 26.3. The van der Waals surface area contributed by atoms with E-state index in [4.69, 9.17) is 14.1 Å². The van der Waals surface area contributed by atoms with E-state index in [1.807, 2.05) is 54.6 Å². The van der Waals surface area contributed by atoms with Crippen molar-refractivity contribution in [1.29, 1.82) is 0 Å². The molecule has 9 nitrogen and oxygen atoms in total. The molecule has 0 radical (unpaired) electrons. The van der Waals surface area contributed by atoms with Crippen molar-refractivity contribution in [3.8, 4) is 22.6 Å². The van der Waals surface area contributed by atoms with Crippen molar-refractivity contribution in [1.82, 2.24) is 15.6 Å². The van der Waals surface area contributed by atoms with Crippen molar-refractivity contribution in [2.75, 3.05) is 6.61 Å². The van der Waals surface area contributed by atoms with E-state index in [1.165, 1.54) is 0 Å². The van der Waals surface area contributed by atoms with Crippen LogP contribution in [0.15, 0.2) is 89.6 Å². The molecule has 204 valence electrons. The van der Waals surface area contributed by atoms with E-state index in [-0.39, 0.29) is 13.2 Å². The number of carboxylic acids is 1. The number of carboxylic acid groups (broad SMARTS) is 1. The molecule has 1 aromatic heterocycles. The van der Waals surface area contributed by atoms with Crippen LogP contribution in [0.5, 0.6) is 11.5 Å². The second-order valence-corrected chi connectivity index (χ2v) is 9.34. The molecule has 0 spiro atoms. The fraction of sp³-hybridized carbons (Fsp3) is 0.194. The molecule has 0 fully saturated rings. The summed E-state index contributed by atoms with van der Waals surface area (Å²) in [5, 5.41) is 29.2. The van der Waals surface area contributed by atoms with Crippen LogP contribution in [0, 0.1) is 6.92 Å². The van der Waals surface area contributed by atoms with Crippen LogP contribution in [0.4, 0.5) is 0 Å². The Labute approximate surface area is 231 Å². The Bertz CT molecular complexity index is 1600. The standard InChI is InChI=1S/C31H29N3O6/c1-20-24(8-5-9-26(20)22-6-3-2-4-7-22)19-38-25-12-11-23(16-32-29(17-35)31(36)37)30(15-25)39-18-21-10-13-27-28(14-21)34-40-33-27/h2-15,29,32,35H,16-19H2,1H3,(H,36,37). The van der Waals surface area contributed by atoms with Crippen molar-refractivity contribution in [3.63, 3.8) is 0 Å². The summed E-state index contributed by atoms with van der Waals surface area (Å²) < 4.78 is 17.1. The number of nitrogens with zero attached hydrogens (tertiary/aromatic N) is 2. The van der Waals surface area contributed by atoms with Gasteiger partial charge >= 0.3 is 5.97 Å². The Hall–Kier alpha value is -4.73. The van der Waals surface area contributed by atoms with Gasteiger partial charge in [0.05, 0.1) is 6.61 Å². The fourth-order valence-corrected chi connectivity index (χ4v) is 4.38. The molecule has 0 amide bonds. The lowest BCUT2D eigenvalue weighted by Crippen LogP contribution is -2.39. The summed E-state index contributed by atoms with van der Waals surface area (Å²) in [5.41, 5.74) is 7.38. The number of benzene rings is 4. The van der Waals surface area contributed by atoms with Crippen LogP contribution in [0.3, 0.4) is 0 Å². The molecule has 1 atom stereocenters. The molecule has 3 N–H and O–H groups in total. The minimum Gasteiger partial charge on any atom is -0.489 e. The predicted molar refractivity (Wildman–Crippen MR) is 149 cm³/mol. The van der Waals surface area contributed by atoms with E-state index in [0.717, 1.165) is 33.4 Å². The summed E-state index contributed by atoms with van der Waals surface area (Å²) in [5.74, 6) is 0.00382. The summed E-state index contributed by atoms with van der Waals surface area (Å²) in [4.78, 5) is 11.4. The molecule has 1 heterocycles. The van der Waals surface area contributed by atoms with Gasteiger partial charge in [-0.3, -0.25) is 10.1 Å². The normalized spacial score (nSPS) is 11.8. The van der Waals surface area contributed by atoms with Crippen molar-refractivity contribution in [3.05, 3.63) is 107 Å². The number of aliphatic carboxylic acids is 1. The molecule has 0 saturated carbocycles. The second kappa shape index (κ2) is 12.4. The van der Waals surface area contributed by atoms with E-state index in [2.05, 4.69) is 40.8 Å². The first-order valence-corrected chi connectivity index (χ1v) is 12.8. The lowest BCUT2D eigenvalue weighted by Gasteiger charge is -2.17. The van der Waals surface area contributed by atoms with Crippen LogP contribution in [-0.2, 0) is 24.6 Å². The quantitative estimate of drug-likeness (QED) is 0.203. The van der Waals surface area contributed by atoms with Crippen LogP contribution >= 0.6 is 0 Å². The minimum absolute atomic E-state index is 0.178. The van der Waals surface area contributed by atoms with Crippen LogP contribution < -0.4 is 14.8 Å². The monoisotopic (exact) mass is 539 g/mol. The molecule has 0 bridgehead atoms. The molecule has 5 rings (SSSR count). The number of hydrogen-bond donors (Lipinski definition) is 3. The van der Waals surface area contributed by atoms with Gasteiger partial charge in [-0.1, -0.05) is 60.7 Å². The molecular formula is C31H29N3O6. The van der Waals surface area contributed by atoms with Gasteiger partial charge in [0.15, 0.2) is 0 Å². The molecule has 0 saturated heterocycles. The average Bonchev–Trinajstić information content (AvgIpc) is 3.45.